The Bertz CT molecular complexity index is 187. The first-order chi connectivity index (χ1) is 6.66. The third kappa shape index (κ3) is 2.69. The molecule has 0 unspecified atom stereocenters. The second-order valence-electron chi connectivity index (χ2n) is 3.85. The Hall–Kier alpha value is -0.610. The molecule has 0 saturated carbocycles. The summed E-state index contributed by atoms with van der Waals surface area (Å²) in [7, 11) is 0. The van der Waals surface area contributed by atoms with Gasteiger partial charge in [0.2, 0.25) is 5.91 Å². The molecule has 1 heterocycles. The number of carbonyl (C=O) groups is 1. The van der Waals surface area contributed by atoms with Crippen LogP contribution >= 0.6 is 0 Å². The fourth-order valence-corrected chi connectivity index (χ4v) is 1.49. The molecule has 2 atom stereocenters. The number of carbonyl (C=O) groups excluding carboxylic acids is 1. The van der Waals surface area contributed by atoms with Crippen LogP contribution < -0.4 is 5.73 Å². The molecular weight excluding hydrogens is 180 g/mol. The van der Waals surface area contributed by atoms with E-state index in [4.69, 9.17) is 10.5 Å². The van der Waals surface area contributed by atoms with Crippen molar-refractivity contribution in [1.29, 1.82) is 0 Å². The lowest BCUT2D eigenvalue weighted by Crippen LogP contribution is -2.50. The molecule has 14 heavy (non-hydrogen) atoms. The van der Waals surface area contributed by atoms with Crippen LogP contribution in [0.5, 0.6) is 0 Å². The summed E-state index contributed by atoms with van der Waals surface area (Å²) in [5, 5.41) is 0. The summed E-state index contributed by atoms with van der Waals surface area (Å²) in [4.78, 5) is 13.6. The van der Waals surface area contributed by atoms with E-state index >= 15 is 0 Å². The summed E-state index contributed by atoms with van der Waals surface area (Å²) in [6.45, 7) is 6.71. The van der Waals surface area contributed by atoms with Gasteiger partial charge in [0.05, 0.1) is 19.3 Å². The number of nitrogens with two attached hydrogens (primary N) is 1. The number of nitrogens with zero attached hydrogens (tertiary/aromatic N) is 1. The van der Waals surface area contributed by atoms with E-state index in [1.54, 1.807) is 4.90 Å². The Labute approximate surface area is 85.4 Å². The van der Waals surface area contributed by atoms with Crippen LogP contribution in [0.2, 0.25) is 0 Å². The average Bonchev–Trinajstić information content (AvgIpc) is 2.27. The summed E-state index contributed by atoms with van der Waals surface area (Å²) in [6, 6.07) is -0.349. The number of amides is 1. The lowest BCUT2D eigenvalue weighted by molar-refractivity contribution is -0.137. The minimum atomic E-state index is -0.349. The molecule has 1 rings (SSSR count). The molecule has 0 aromatic carbocycles. The SMILES string of the molecule is CC[C@H](C)[C@H](N)C(=O)N1CCOCC1. The molecule has 1 amide bonds. The van der Waals surface area contributed by atoms with Gasteiger partial charge in [-0.2, -0.15) is 0 Å². The molecule has 2 N–H and O–H groups in total. The summed E-state index contributed by atoms with van der Waals surface area (Å²) in [5.41, 5.74) is 5.87. The van der Waals surface area contributed by atoms with Crippen LogP contribution in [-0.2, 0) is 9.53 Å². The van der Waals surface area contributed by atoms with E-state index < -0.39 is 0 Å². The van der Waals surface area contributed by atoms with Gasteiger partial charge in [0.15, 0.2) is 0 Å². The van der Waals surface area contributed by atoms with Crippen LogP contribution in [-0.4, -0.2) is 43.2 Å². The highest BCUT2D eigenvalue weighted by atomic mass is 16.5. The van der Waals surface area contributed by atoms with Crippen LogP contribution in [0.1, 0.15) is 20.3 Å². The van der Waals surface area contributed by atoms with Crippen molar-refractivity contribution < 1.29 is 9.53 Å². The van der Waals surface area contributed by atoms with Gasteiger partial charge in [-0.3, -0.25) is 4.79 Å². The third-order valence-electron chi connectivity index (χ3n) is 2.86. The number of morpholine rings is 1. The zero-order chi connectivity index (χ0) is 10.6. The van der Waals surface area contributed by atoms with Crippen LogP contribution in [0.3, 0.4) is 0 Å². The largest absolute Gasteiger partial charge is 0.378 e. The summed E-state index contributed by atoms with van der Waals surface area (Å²) >= 11 is 0. The molecule has 0 aromatic heterocycles. The highest BCUT2D eigenvalue weighted by Gasteiger charge is 2.25. The maximum Gasteiger partial charge on any atom is 0.239 e. The zero-order valence-corrected chi connectivity index (χ0v) is 9.03. The molecule has 1 saturated heterocycles. The molecule has 82 valence electrons. The van der Waals surface area contributed by atoms with Gasteiger partial charge in [-0.05, 0) is 5.92 Å². The van der Waals surface area contributed by atoms with Crippen molar-refractivity contribution in [3.63, 3.8) is 0 Å². The van der Waals surface area contributed by atoms with Crippen molar-refractivity contribution in [1.82, 2.24) is 4.90 Å². The monoisotopic (exact) mass is 200 g/mol. The highest BCUT2D eigenvalue weighted by molar-refractivity contribution is 5.82. The number of rotatable bonds is 3. The van der Waals surface area contributed by atoms with Gasteiger partial charge in [0, 0.05) is 13.1 Å². The first-order valence-electron chi connectivity index (χ1n) is 5.29. The second-order valence-corrected chi connectivity index (χ2v) is 3.85. The molecule has 0 radical (unpaired) electrons. The quantitative estimate of drug-likeness (QED) is 0.709. The van der Waals surface area contributed by atoms with E-state index in [-0.39, 0.29) is 17.9 Å². The predicted molar refractivity (Wildman–Crippen MR) is 54.8 cm³/mol. The molecule has 1 aliphatic rings. The molecule has 0 spiro atoms. The van der Waals surface area contributed by atoms with E-state index in [0.717, 1.165) is 6.42 Å². The Morgan fingerprint density at radius 3 is 2.57 bits per heavy atom. The molecule has 0 aliphatic carbocycles. The molecule has 1 aliphatic heterocycles. The van der Waals surface area contributed by atoms with Gasteiger partial charge < -0.3 is 15.4 Å². The topological polar surface area (TPSA) is 55.6 Å². The normalized spacial score (nSPS) is 21.8. The Morgan fingerprint density at radius 2 is 2.07 bits per heavy atom. The number of hydrogen-bond acceptors (Lipinski definition) is 3. The van der Waals surface area contributed by atoms with Crippen LogP contribution in [0.15, 0.2) is 0 Å². The maximum absolute atomic E-state index is 11.8. The maximum atomic E-state index is 11.8. The van der Waals surface area contributed by atoms with Gasteiger partial charge in [-0.1, -0.05) is 20.3 Å². The number of ether oxygens (including phenoxy) is 1. The molecule has 4 nitrogen and oxygen atoms in total. The lowest BCUT2D eigenvalue weighted by atomic mass is 9.99. The van der Waals surface area contributed by atoms with Gasteiger partial charge in [-0.25, -0.2) is 0 Å². The fourth-order valence-electron chi connectivity index (χ4n) is 1.49. The average molecular weight is 200 g/mol. The van der Waals surface area contributed by atoms with Gasteiger partial charge in [0.1, 0.15) is 0 Å². The molecule has 0 aromatic rings. The molecule has 1 fully saturated rings. The summed E-state index contributed by atoms with van der Waals surface area (Å²) in [6.07, 6.45) is 0.942. The van der Waals surface area contributed by atoms with Crippen molar-refractivity contribution in [3.8, 4) is 0 Å². The molecular formula is C10H20N2O2. The van der Waals surface area contributed by atoms with Crippen LogP contribution in [0.25, 0.3) is 0 Å². The second kappa shape index (κ2) is 5.32. The highest BCUT2D eigenvalue weighted by Crippen LogP contribution is 2.09. The standard InChI is InChI=1S/C10H20N2O2/c1-3-8(2)9(11)10(13)12-4-6-14-7-5-12/h8-9H,3-7,11H2,1-2H3/t8-,9-/m0/s1. The van der Waals surface area contributed by atoms with Crippen molar-refractivity contribution in [3.05, 3.63) is 0 Å². The molecule has 0 bridgehead atoms. The van der Waals surface area contributed by atoms with E-state index in [1.165, 1.54) is 0 Å². The Morgan fingerprint density at radius 1 is 1.50 bits per heavy atom. The van der Waals surface area contributed by atoms with Crippen molar-refractivity contribution in [2.24, 2.45) is 11.7 Å². The Kier molecular flexibility index (Phi) is 4.35. The van der Waals surface area contributed by atoms with Crippen LogP contribution in [0, 0.1) is 5.92 Å². The van der Waals surface area contributed by atoms with E-state index in [0.29, 0.717) is 26.3 Å². The van der Waals surface area contributed by atoms with E-state index in [2.05, 4.69) is 6.92 Å². The lowest BCUT2D eigenvalue weighted by Gasteiger charge is -2.30. The number of hydrogen-bond donors (Lipinski definition) is 1. The Balaban J connectivity index is 2.46. The van der Waals surface area contributed by atoms with Crippen molar-refractivity contribution >= 4 is 5.91 Å². The third-order valence-corrected chi connectivity index (χ3v) is 2.86. The van der Waals surface area contributed by atoms with Gasteiger partial charge >= 0.3 is 0 Å². The molecule has 4 heteroatoms. The zero-order valence-electron chi connectivity index (χ0n) is 9.03. The fraction of sp³-hybridized carbons (Fsp3) is 0.900. The summed E-state index contributed by atoms with van der Waals surface area (Å²) < 4.78 is 5.18. The smallest absolute Gasteiger partial charge is 0.239 e. The minimum absolute atomic E-state index is 0.0719. The first-order valence-corrected chi connectivity index (χ1v) is 5.29. The first kappa shape index (κ1) is 11.5. The van der Waals surface area contributed by atoms with Gasteiger partial charge in [-0.15, -0.1) is 0 Å². The minimum Gasteiger partial charge on any atom is -0.378 e. The van der Waals surface area contributed by atoms with Crippen molar-refractivity contribution in [2.45, 2.75) is 26.3 Å². The van der Waals surface area contributed by atoms with Gasteiger partial charge in [0.25, 0.3) is 0 Å². The predicted octanol–water partition coefficient (Wildman–Crippen LogP) is 0.219. The van der Waals surface area contributed by atoms with Crippen LogP contribution in [0.4, 0.5) is 0 Å². The van der Waals surface area contributed by atoms with E-state index in [9.17, 15) is 4.79 Å². The summed E-state index contributed by atoms with van der Waals surface area (Å²) in [5.74, 6) is 0.327. The van der Waals surface area contributed by atoms with Crippen molar-refractivity contribution in [2.75, 3.05) is 26.3 Å². The van der Waals surface area contributed by atoms with E-state index in [1.807, 2.05) is 6.92 Å².